The number of unbranched alkanes of at least 4 members (excludes halogenated alkanes) is 2. The molecule has 0 spiro atoms. The van der Waals surface area contributed by atoms with Crippen molar-refractivity contribution in [1.29, 1.82) is 0 Å². The lowest BCUT2D eigenvalue weighted by molar-refractivity contribution is 0.170. The Morgan fingerprint density at radius 1 is 1.16 bits per heavy atom. The van der Waals surface area contributed by atoms with Crippen molar-refractivity contribution in [3.63, 3.8) is 0 Å². The average molecular weight is 433 g/mol. The van der Waals surface area contributed by atoms with E-state index >= 15 is 0 Å². The number of imidazole rings is 1. The Bertz CT molecular complexity index is 867. The number of fused-ring (bicyclic) bond motifs is 1. The van der Waals surface area contributed by atoms with Gasteiger partial charge in [-0.25, -0.2) is 4.79 Å². The van der Waals surface area contributed by atoms with Crippen molar-refractivity contribution in [2.45, 2.75) is 78.7 Å². The topological polar surface area (TPSA) is 102 Å². The van der Waals surface area contributed by atoms with Crippen LogP contribution in [0.15, 0.2) is 4.79 Å². The molecule has 3 rings (SSSR count). The third kappa shape index (κ3) is 6.69. The number of aromatic nitrogens is 4. The number of hydrogen-bond acceptors (Lipinski definition) is 6. The molecule has 31 heavy (non-hydrogen) atoms. The summed E-state index contributed by atoms with van der Waals surface area (Å²) < 4.78 is 7.28. The van der Waals surface area contributed by atoms with Crippen molar-refractivity contribution < 1.29 is 4.74 Å². The lowest BCUT2D eigenvalue weighted by atomic mass is 9.91. The van der Waals surface area contributed by atoms with Crippen LogP contribution in [0.3, 0.4) is 0 Å². The number of nitrogens with two attached hydrogens (primary N) is 1. The van der Waals surface area contributed by atoms with E-state index in [1.807, 2.05) is 0 Å². The molecule has 0 saturated carbocycles. The highest BCUT2D eigenvalue weighted by Gasteiger charge is 2.19. The van der Waals surface area contributed by atoms with Crippen LogP contribution < -0.4 is 16.2 Å². The van der Waals surface area contributed by atoms with Crippen LogP contribution in [0.4, 0.5) is 5.82 Å². The molecule has 0 atom stereocenters. The van der Waals surface area contributed by atoms with Gasteiger partial charge in [0.15, 0.2) is 11.5 Å². The molecule has 0 bridgehead atoms. The Hall–Kier alpha value is -2.09. The molecule has 1 fully saturated rings. The van der Waals surface area contributed by atoms with Gasteiger partial charge in [-0.3, -0.25) is 4.57 Å². The molecule has 0 aromatic carbocycles. The van der Waals surface area contributed by atoms with E-state index in [4.69, 9.17) is 10.5 Å². The molecule has 8 nitrogen and oxygen atoms in total. The third-order valence-electron chi connectivity index (χ3n) is 6.33. The lowest BCUT2D eigenvalue weighted by Crippen LogP contribution is -2.34. The number of H-pyrrole nitrogens is 1. The van der Waals surface area contributed by atoms with E-state index in [9.17, 15) is 4.79 Å². The fraction of sp³-hybridized carbons (Fsp3) is 0.783. The van der Waals surface area contributed by atoms with Gasteiger partial charge in [-0.15, -0.1) is 0 Å². The maximum absolute atomic E-state index is 12.4. The summed E-state index contributed by atoms with van der Waals surface area (Å²) in [6.45, 7) is 11.6. The Morgan fingerprint density at radius 3 is 2.65 bits per heavy atom. The molecule has 2 aromatic rings. The molecule has 2 aromatic heterocycles. The molecule has 1 saturated heterocycles. The minimum absolute atomic E-state index is 0.180. The molecule has 0 unspecified atom stereocenters. The van der Waals surface area contributed by atoms with Crippen LogP contribution in [0.1, 0.15) is 72.1 Å². The van der Waals surface area contributed by atoms with Crippen LogP contribution in [0.25, 0.3) is 11.2 Å². The minimum Gasteiger partial charge on any atom is -0.463 e. The van der Waals surface area contributed by atoms with Crippen molar-refractivity contribution in [2.75, 3.05) is 32.0 Å². The fourth-order valence-corrected chi connectivity index (χ4v) is 4.25. The molecule has 1 aliphatic rings. The van der Waals surface area contributed by atoms with Crippen LogP contribution in [-0.4, -0.2) is 50.7 Å². The van der Waals surface area contributed by atoms with Crippen LogP contribution >= 0.6 is 0 Å². The summed E-state index contributed by atoms with van der Waals surface area (Å²) >= 11 is 0. The fourth-order valence-electron chi connectivity index (χ4n) is 4.25. The number of nitrogens with zero attached hydrogens (tertiary/aromatic N) is 4. The SMILES string of the molecule is CCCCOc1nc(N)c2[nH]c(=O)n(CCCCC3CCN(CCC(C)C)CC3)c2n1. The molecule has 174 valence electrons. The number of aryl methyl sites for hydroxylation is 1. The lowest BCUT2D eigenvalue weighted by Gasteiger charge is -2.32. The predicted octanol–water partition coefficient (Wildman–Crippen LogP) is 3.81. The molecular weight excluding hydrogens is 392 g/mol. The van der Waals surface area contributed by atoms with Crippen LogP contribution in [-0.2, 0) is 6.54 Å². The second-order valence-electron chi connectivity index (χ2n) is 9.34. The standard InChI is InChI=1S/C23H40N6O2/c1-4-5-16-31-22-26-20(24)19-21(27-22)29(23(30)25-19)12-7-6-8-18-10-14-28(15-11-18)13-9-17(2)3/h17-18H,4-16H2,1-3H3,(H,25,30)(H2,24,26,27). The molecule has 0 radical (unpaired) electrons. The Labute approximate surface area is 185 Å². The number of rotatable bonds is 12. The minimum atomic E-state index is -0.180. The maximum atomic E-state index is 12.4. The molecular formula is C23H40N6O2. The van der Waals surface area contributed by atoms with Crippen molar-refractivity contribution >= 4 is 17.0 Å². The van der Waals surface area contributed by atoms with Crippen molar-refractivity contribution in [3.05, 3.63) is 10.5 Å². The molecule has 3 N–H and O–H groups in total. The monoisotopic (exact) mass is 432 g/mol. The first-order valence-electron chi connectivity index (χ1n) is 12.1. The molecule has 0 amide bonds. The van der Waals surface area contributed by atoms with Gasteiger partial charge in [-0.1, -0.05) is 40.0 Å². The molecule has 1 aliphatic heterocycles. The normalized spacial score (nSPS) is 15.9. The number of ether oxygens (including phenoxy) is 1. The van der Waals surface area contributed by atoms with Crippen LogP contribution in [0, 0.1) is 11.8 Å². The van der Waals surface area contributed by atoms with E-state index in [-0.39, 0.29) is 17.5 Å². The van der Waals surface area contributed by atoms with Gasteiger partial charge in [0.2, 0.25) is 0 Å². The largest absolute Gasteiger partial charge is 0.463 e. The van der Waals surface area contributed by atoms with Gasteiger partial charge in [-0.05, 0) is 63.6 Å². The summed E-state index contributed by atoms with van der Waals surface area (Å²) in [5, 5.41) is 0. The number of anilines is 1. The second-order valence-corrected chi connectivity index (χ2v) is 9.34. The summed E-state index contributed by atoms with van der Waals surface area (Å²) in [5.41, 5.74) is 6.89. The second kappa shape index (κ2) is 11.5. The first-order chi connectivity index (χ1) is 15.0. The average Bonchev–Trinajstić information content (AvgIpc) is 3.06. The number of hydrogen-bond donors (Lipinski definition) is 2. The third-order valence-corrected chi connectivity index (χ3v) is 6.33. The van der Waals surface area contributed by atoms with Gasteiger partial charge in [0.1, 0.15) is 5.52 Å². The van der Waals surface area contributed by atoms with Gasteiger partial charge in [0.25, 0.3) is 0 Å². The smallest absolute Gasteiger partial charge is 0.327 e. The number of aromatic amines is 1. The summed E-state index contributed by atoms with van der Waals surface area (Å²) in [7, 11) is 0. The maximum Gasteiger partial charge on any atom is 0.327 e. The number of piperidine rings is 1. The van der Waals surface area contributed by atoms with E-state index in [1.165, 1.54) is 45.3 Å². The summed E-state index contributed by atoms with van der Waals surface area (Å²) in [5.74, 6) is 1.85. The summed E-state index contributed by atoms with van der Waals surface area (Å²) in [6, 6.07) is 0.246. The van der Waals surface area contributed by atoms with E-state index in [0.29, 0.717) is 24.3 Å². The Balaban J connectivity index is 1.48. The van der Waals surface area contributed by atoms with Crippen LogP contribution in [0.2, 0.25) is 0 Å². The molecule has 3 heterocycles. The zero-order valence-corrected chi connectivity index (χ0v) is 19.5. The Morgan fingerprint density at radius 2 is 1.94 bits per heavy atom. The van der Waals surface area contributed by atoms with Crippen molar-refractivity contribution in [3.8, 4) is 6.01 Å². The van der Waals surface area contributed by atoms with E-state index in [0.717, 1.165) is 37.5 Å². The zero-order valence-electron chi connectivity index (χ0n) is 19.5. The highest BCUT2D eigenvalue weighted by atomic mass is 16.5. The summed E-state index contributed by atoms with van der Waals surface area (Å²) in [6.07, 6.45) is 9.16. The van der Waals surface area contributed by atoms with Gasteiger partial charge in [0.05, 0.1) is 6.61 Å². The number of likely N-dealkylation sites (tertiary alicyclic amines) is 1. The zero-order chi connectivity index (χ0) is 22.2. The molecule has 0 aliphatic carbocycles. The van der Waals surface area contributed by atoms with Gasteiger partial charge < -0.3 is 20.4 Å². The van der Waals surface area contributed by atoms with Crippen molar-refractivity contribution in [2.24, 2.45) is 11.8 Å². The highest BCUT2D eigenvalue weighted by Crippen LogP contribution is 2.24. The van der Waals surface area contributed by atoms with Gasteiger partial charge in [0, 0.05) is 6.54 Å². The molecule has 8 heteroatoms. The van der Waals surface area contributed by atoms with Crippen LogP contribution in [0.5, 0.6) is 6.01 Å². The Kier molecular flexibility index (Phi) is 8.75. The van der Waals surface area contributed by atoms with E-state index < -0.39 is 0 Å². The first-order valence-corrected chi connectivity index (χ1v) is 12.1. The van der Waals surface area contributed by atoms with Crippen molar-refractivity contribution in [1.82, 2.24) is 24.4 Å². The van der Waals surface area contributed by atoms with Gasteiger partial charge in [-0.2, -0.15) is 9.97 Å². The highest BCUT2D eigenvalue weighted by molar-refractivity contribution is 5.81. The first kappa shape index (κ1) is 23.6. The van der Waals surface area contributed by atoms with Gasteiger partial charge >= 0.3 is 11.7 Å². The van der Waals surface area contributed by atoms with E-state index in [2.05, 4.69) is 40.6 Å². The number of nitrogens with one attached hydrogen (secondary N) is 1. The van der Waals surface area contributed by atoms with E-state index in [1.54, 1.807) is 4.57 Å². The predicted molar refractivity (Wildman–Crippen MR) is 125 cm³/mol. The quantitative estimate of drug-likeness (QED) is 0.495. The summed E-state index contributed by atoms with van der Waals surface area (Å²) in [4.78, 5) is 26.5. The number of nitrogen functional groups attached to an aromatic ring is 1.